The summed E-state index contributed by atoms with van der Waals surface area (Å²) in [5, 5.41) is 0. The van der Waals surface area contributed by atoms with Gasteiger partial charge in [0.1, 0.15) is 11.4 Å². The molecule has 0 amide bonds. The van der Waals surface area contributed by atoms with Gasteiger partial charge < -0.3 is 9.58 Å². The van der Waals surface area contributed by atoms with Gasteiger partial charge in [-0.2, -0.15) is 0 Å². The van der Waals surface area contributed by atoms with Crippen molar-refractivity contribution in [2.75, 3.05) is 7.11 Å². The van der Waals surface area contributed by atoms with E-state index in [1.807, 2.05) is 0 Å². The van der Waals surface area contributed by atoms with Crippen molar-refractivity contribution in [1.29, 1.82) is 0 Å². The molecule has 2 rings (SSSR count). The lowest BCUT2D eigenvalue weighted by atomic mass is 9.98. The van der Waals surface area contributed by atoms with Crippen molar-refractivity contribution in [1.82, 2.24) is 0 Å². The lowest BCUT2D eigenvalue weighted by Gasteiger charge is -2.10. The first-order valence-electron chi connectivity index (χ1n) is 5.07. The zero-order chi connectivity index (χ0) is 13.5. The summed E-state index contributed by atoms with van der Waals surface area (Å²) in [6.45, 7) is 7.07. The van der Waals surface area contributed by atoms with E-state index < -0.39 is 23.5 Å². The summed E-state index contributed by atoms with van der Waals surface area (Å²) < 4.78 is 32.1. The minimum Gasteiger partial charge on any atom is -0.465 e. The Kier molecular flexibility index (Phi) is 3.11. The molecule has 1 aliphatic carbocycles. The molecule has 0 radical (unpaired) electrons. The van der Waals surface area contributed by atoms with Gasteiger partial charge in [-0.15, -0.1) is 0 Å². The molecule has 1 aromatic rings. The number of carbonyl (C=O) groups excluding carboxylic acids is 1. The van der Waals surface area contributed by atoms with Crippen LogP contribution in [0.25, 0.3) is 4.85 Å². The average Bonchev–Trinajstić information content (AvgIpc) is 2.99. The lowest BCUT2D eigenvalue weighted by Crippen LogP contribution is -2.16. The number of esters is 1. The molecule has 2 atom stereocenters. The van der Waals surface area contributed by atoms with Gasteiger partial charge in [-0.3, -0.25) is 0 Å². The Morgan fingerprint density at radius 3 is 2.72 bits per heavy atom. The normalized spacial score (nSPS) is 25.4. The van der Waals surface area contributed by atoms with Crippen LogP contribution in [0.2, 0.25) is 0 Å². The van der Waals surface area contributed by atoms with E-state index in [0.29, 0.717) is 4.47 Å². The molecule has 0 N–H and O–H groups in total. The summed E-state index contributed by atoms with van der Waals surface area (Å²) in [5.74, 6) is -1.73. The number of nitrogens with zero attached hydrogens (tertiary/aromatic N) is 1. The number of halogens is 3. The Balaban J connectivity index is 2.67. The van der Waals surface area contributed by atoms with Crippen LogP contribution in [-0.4, -0.2) is 19.3 Å². The highest BCUT2D eigenvalue weighted by Gasteiger charge is 2.67. The van der Waals surface area contributed by atoms with Crippen LogP contribution >= 0.6 is 15.9 Å². The maximum atomic E-state index is 13.8. The van der Waals surface area contributed by atoms with E-state index in [1.54, 1.807) is 0 Å². The smallest absolute Gasteiger partial charge is 0.341 e. The molecule has 1 aromatic carbocycles. The first-order valence-corrected chi connectivity index (χ1v) is 5.86. The molecule has 1 saturated carbocycles. The quantitative estimate of drug-likeness (QED) is 0.619. The Bertz CT molecular complexity index is 570. The van der Waals surface area contributed by atoms with Crippen LogP contribution in [-0.2, 0) is 10.3 Å². The molecular weight excluding hydrogens is 308 g/mol. The molecule has 0 spiro atoms. The molecule has 0 heterocycles. The molecule has 0 saturated heterocycles. The zero-order valence-corrected chi connectivity index (χ0v) is 10.9. The molecule has 1 fully saturated rings. The highest BCUT2D eigenvalue weighted by atomic mass is 79.9. The number of carbonyl (C=O) groups is 1. The van der Waals surface area contributed by atoms with E-state index >= 15 is 0 Å². The minimum atomic E-state index is -1.45. The van der Waals surface area contributed by atoms with Crippen LogP contribution in [0.15, 0.2) is 16.6 Å². The fourth-order valence-corrected chi connectivity index (χ4v) is 2.32. The van der Waals surface area contributed by atoms with E-state index in [9.17, 15) is 13.6 Å². The number of ether oxygens (including phenoxy) is 1. The summed E-state index contributed by atoms with van der Waals surface area (Å²) >= 11 is 3.07. The predicted molar refractivity (Wildman–Crippen MR) is 63.2 cm³/mol. The second-order valence-corrected chi connectivity index (χ2v) is 4.93. The number of hydrogen-bond donors (Lipinski definition) is 0. The first-order chi connectivity index (χ1) is 8.46. The van der Waals surface area contributed by atoms with Crippen LogP contribution in [0.3, 0.4) is 0 Å². The lowest BCUT2D eigenvalue weighted by molar-refractivity contribution is 0.0593. The Hall–Kier alpha value is -1.48. The molecule has 1 aliphatic rings. The SMILES string of the molecule is [C-]#[N+]C1(c2cc(Br)cc(F)c2C(=O)OC)CC1F. The maximum Gasteiger partial charge on any atom is 0.341 e. The average molecular weight is 316 g/mol. The number of hydrogen-bond acceptors (Lipinski definition) is 2. The number of benzene rings is 1. The molecule has 6 heteroatoms. The standard InChI is InChI=1S/C12H8BrF2NO2/c1-16-12(5-9(12)15)7-3-6(13)4-8(14)10(7)11(17)18-2/h3-4,9H,5H2,2H3. The van der Waals surface area contributed by atoms with Gasteiger partial charge in [0.25, 0.3) is 5.54 Å². The third-order valence-corrected chi connectivity index (χ3v) is 3.42. The third kappa shape index (κ3) is 1.79. The number of methoxy groups -OCH3 is 1. The van der Waals surface area contributed by atoms with Crippen molar-refractivity contribution in [3.63, 3.8) is 0 Å². The van der Waals surface area contributed by atoms with Gasteiger partial charge in [0.2, 0.25) is 0 Å². The van der Waals surface area contributed by atoms with Crippen LogP contribution in [0.5, 0.6) is 0 Å². The van der Waals surface area contributed by atoms with Crippen LogP contribution in [0, 0.1) is 12.4 Å². The molecular formula is C12H8BrF2NO2. The van der Waals surface area contributed by atoms with Gasteiger partial charge in [-0.05, 0) is 12.1 Å². The predicted octanol–water partition coefficient (Wildman–Crippen LogP) is 3.23. The first kappa shape index (κ1) is 13.0. The number of rotatable bonds is 2. The second-order valence-electron chi connectivity index (χ2n) is 4.01. The van der Waals surface area contributed by atoms with Crippen molar-refractivity contribution in [3.05, 3.63) is 45.0 Å². The highest BCUT2D eigenvalue weighted by molar-refractivity contribution is 9.10. The second kappa shape index (κ2) is 4.32. The molecule has 18 heavy (non-hydrogen) atoms. The summed E-state index contributed by atoms with van der Waals surface area (Å²) in [6.07, 6.45) is -1.41. The Morgan fingerprint density at radius 1 is 1.67 bits per heavy atom. The summed E-state index contributed by atoms with van der Waals surface area (Å²) in [7, 11) is 1.11. The fraction of sp³-hybridized carbons (Fsp3) is 0.333. The molecule has 0 bridgehead atoms. The largest absolute Gasteiger partial charge is 0.465 e. The molecule has 0 aromatic heterocycles. The van der Waals surface area contributed by atoms with Gasteiger partial charge in [-0.1, -0.05) is 15.9 Å². The van der Waals surface area contributed by atoms with E-state index in [4.69, 9.17) is 6.57 Å². The van der Waals surface area contributed by atoms with E-state index in [1.165, 1.54) is 6.07 Å². The molecule has 0 aliphatic heterocycles. The van der Waals surface area contributed by atoms with Gasteiger partial charge in [-0.25, -0.2) is 20.1 Å². The van der Waals surface area contributed by atoms with Crippen molar-refractivity contribution in [3.8, 4) is 0 Å². The molecule has 94 valence electrons. The van der Waals surface area contributed by atoms with E-state index in [-0.39, 0.29) is 17.5 Å². The van der Waals surface area contributed by atoms with Gasteiger partial charge >= 0.3 is 5.97 Å². The zero-order valence-electron chi connectivity index (χ0n) is 9.34. The monoisotopic (exact) mass is 315 g/mol. The Morgan fingerprint density at radius 2 is 2.28 bits per heavy atom. The minimum absolute atomic E-state index is 0.0314. The molecule has 3 nitrogen and oxygen atoms in total. The van der Waals surface area contributed by atoms with Crippen LogP contribution < -0.4 is 0 Å². The highest BCUT2D eigenvalue weighted by Crippen LogP contribution is 2.54. The third-order valence-electron chi connectivity index (χ3n) is 2.96. The summed E-state index contributed by atoms with van der Waals surface area (Å²) in [4.78, 5) is 14.8. The van der Waals surface area contributed by atoms with Crippen LogP contribution in [0.1, 0.15) is 22.3 Å². The van der Waals surface area contributed by atoms with E-state index in [0.717, 1.165) is 13.2 Å². The summed E-state index contributed by atoms with van der Waals surface area (Å²) in [6, 6.07) is 2.48. The van der Waals surface area contributed by atoms with E-state index in [2.05, 4.69) is 25.5 Å². The molecule has 2 unspecified atom stereocenters. The van der Waals surface area contributed by atoms with Gasteiger partial charge in [0.15, 0.2) is 6.17 Å². The van der Waals surface area contributed by atoms with Crippen LogP contribution in [0.4, 0.5) is 8.78 Å². The summed E-state index contributed by atoms with van der Waals surface area (Å²) in [5.41, 5.74) is -1.77. The van der Waals surface area contributed by atoms with Gasteiger partial charge in [0.05, 0.1) is 19.1 Å². The fourth-order valence-electron chi connectivity index (χ4n) is 1.89. The Labute approximate surface area is 111 Å². The van der Waals surface area contributed by atoms with Crippen molar-refractivity contribution in [2.45, 2.75) is 18.1 Å². The van der Waals surface area contributed by atoms with Crippen molar-refractivity contribution >= 4 is 21.9 Å². The maximum absolute atomic E-state index is 13.8. The van der Waals surface area contributed by atoms with Crippen molar-refractivity contribution in [2.24, 2.45) is 0 Å². The van der Waals surface area contributed by atoms with Crippen molar-refractivity contribution < 1.29 is 18.3 Å². The van der Waals surface area contributed by atoms with Gasteiger partial charge in [0, 0.05) is 4.47 Å². The topological polar surface area (TPSA) is 30.7 Å². The number of alkyl halides is 1.